The highest BCUT2D eigenvalue weighted by atomic mass is 16.8. The second kappa shape index (κ2) is 24.4. The van der Waals surface area contributed by atoms with E-state index in [0.717, 1.165) is 21.0 Å². The van der Waals surface area contributed by atoms with Gasteiger partial charge in [0, 0.05) is 27.4 Å². The van der Waals surface area contributed by atoms with Crippen molar-refractivity contribution in [2.24, 2.45) is 0 Å². The third-order valence-electron chi connectivity index (χ3n) is 12.3. The lowest BCUT2D eigenvalue weighted by Gasteiger charge is -2.51. The molecule has 0 aromatic carbocycles. The van der Waals surface area contributed by atoms with Crippen LogP contribution in [-0.2, 0) is 61.8 Å². The summed E-state index contributed by atoms with van der Waals surface area (Å²) in [6, 6.07) is -3.35. The number of carboxylic acid groups (broad SMARTS) is 1. The number of hydrogen-bond donors (Lipinski definition) is 18. The van der Waals surface area contributed by atoms with Gasteiger partial charge in [0.05, 0.1) is 45.2 Å². The fraction of sp³-hybridized carbons (Fsp3) is 0.921. The molecular weight excluding hydrogens is 948 g/mol. The molecule has 400 valence electrons. The average molecular weight is 1010 g/mol. The first-order valence-electron chi connectivity index (χ1n) is 21.6. The summed E-state index contributed by atoms with van der Waals surface area (Å²) < 4.78 is 55.9. The van der Waals surface area contributed by atoms with Crippen LogP contribution in [0.4, 0.5) is 0 Å². The minimum atomic E-state index is -3.17. The first-order valence-corrected chi connectivity index (χ1v) is 21.6. The van der Waals surface area contributed by atoms with E-state index in [1.807, 2.05) is 0 Å². The fourth-order valence-corrected chi connectivity index (χ4v) is 8.70. The molecule has 3 unspecified atom stereocenters. The average Bonchev–Trinajstić information content (AvgIpc) is 3.30. The van der Waals surface area contributed by atoms with Gasteiger partial charge in [-0.15, -0.1) is 0 Å². The van der Waals surface area contributed by atoms with Gasteiger partial charge in [0.2, 0.25) is 11.8 Å². The van der Waals surface area contributed by atoms with E-state index >= 15 is 0 Å². The zero-order valence-corrected chi connectivity index (χ0v) is 37.1. The van der Waals surface area contributed by atoms with Crippen molar-refractivity contribution in [1.82, 2.24) is 10.6 Å². The number of amides is 2. The van der Waals surface area contributed by atoms with Crippen LogP contribution in [0.25, 0.3) is 0 Å². The summed E-state index contributed by atoms with van der Waals surface area (Å²) in [6.07, 6.45) is -45.0. The molecule has 0 bridgehead atoms. The van der Waals surface area contributed by atoms with Gasteiger partial charge in [0.1, 0.15) is 116 Å². The van der Waals surface area contributed by atoms with E-state index in [1.165, 1.54) is 0 Å². The van der Waals surface area contributed by atoms with Crippen LogP contribution in [0, 0.1) is 0 Å². The van der Waals surface area contributed by atoms with Crippen LogP contribution in [0.3, 0.4) is 0 Å². The standard InChI is InChI=1S/C38H64N2O29/c1-10(45)39-18-12(47)4-38(37(58)59,68-30(18)20(49)13(48)5-41)69-32-22(51)15(7-43)64-36(27(32)56)67-29-17(62-33(57)19(23(29)52)40-11(2)46)9-61-34-25(54)24(53)28(16(8-44)65-34)66-35-26(55)31(60-3)21(50)14(6-42)63-35/h12-36,41-44,47-57H,4-9H2,1-3H3,(H,39,45)(H,40,46)(H,58,59)/t12-,13-,14-,15-,16-,17+,18+,19-,20-,21-,22-,23-,24+,25?,26?,27?,28+,29+,30-,31-,32-,33+,34+,35-,36-,38-/m0/s1. The van der Waals surface area contributed by atoms with Crippen molar-refractivity contribution in [3.05, 3.63) is 0 Å². The maximum atomic E-state index is 13.0. The van der Waals surface area contributed by atoms with E-state index in [4.69, 9.17) is 47.4 Å². The Balaban J connectivity index is 1.38. The smallest absolute Gasteiger partial charge is 0.364 e. The molecule has 2 amide bonds. The zero-order valence-electron chi connectivity index (χ0n) is 37.1. The van der Waals surface area contributed by atoms with E-state index in [-0.39, 0.29) is 0 Å². The molecule has 5 rings (SSSR count). The summed E-state index contributed by atoms with van der Waals surface area (Å²) in [6.45, 7) is -2.81. The molecule has 31 heteroatoms. The lowest BCUT2D eigenvalue weighted by molar-refractivity contribution is -0.385. The molecule has 0 aromatic rings. The molecule has 5 fully saturated rings. The quantitative estimate of drug-likeness (QED) is 0.0571. The molecule has 0 saturated carbocycles. The molecule has 5 heterocycles. The Morgan fingerprint density at radius 1 is 0.623 bits per heavy atom. The van der Waals surface area contributed by atoms with Gasteiger partial charge >= 0.3 is 5.97 Å². The zero-order chi connectivity index (χ0) is 51.4. The SMILES string of the molecule is CO[C@@H]1C(O)[C@H](O[C@@H]2[C@H](CO)O[C@@H](OC[C@H]3O[C@@H](O)[C@@H](NC(C)=O)[C@H](O)[C@@H]3O[C@@H]3O[C@@H](CO)[C@H](O)[C@H](O[C@]4(C(=O)O)C[C@H](O)[C@@H](NC(C)=O)[C@@H]([C@@H](O)[C@@H](O)CO)O4)C3O)C(O)[C@H]2O)O[C@@H](CO)[C@@H]1O. The van der Waals surface area contributed by atoms with Crippen molar-refractivity contribution in [2.75, 3.05) is 40.1 Å². The number of carboxylic acids is 1. The number of carbonyl (C=O) groups excluding carboxylic acids is 2. The summed E-state index contributed by atoms with van der Waals surface area (Å²) in [5.41, 5.74) is 0. The van der Waals surface area contributed by atoms with Gasteiger partial charge in [-0.2, -0.15) is 0 Å². The van der Waals surface area contributed by atoms with Crippen molar-refractivity contribution < 1.29 is 143 Å². The Bertz CT molecular complexity index is 1670. The Morgan fingerprint density at radius 2 is 1.13 bits per heavy atom. The number of nitrogens with one attached hydrogen (secondary N) is 2. The molecule has 18 N–H and O–H groups in total. The van der Waals surface area contributed by atoms with Gasteiger partial charge in [0.15, 0.2) is 25.2 Å². The third-order valence-corrected chi connectivity index (χ3v) is 12.3. The Hall–Kier alpha value is -2.59. The lowest BCUT2D eigenvalue weighted by Crippen LogP contribution is -2.71. The lowest BCUT2D eigenvalue weighted by atomic mass is 9.88. The van der Waals surface area contributed by atoms with Gasteiger partial charge in [-0.1, -0.05) is 0 Å². The Kier molecular flexibility index (Phi) is 20.3. The van der Waals surface area contributed by atoms with E-state index in [9.17, 15) is 96.1 Å². The molecule has 0 spiro atoms. The summed E-state index contributed by atoms with van der Waals surface area (Å²) in [5.74, 6) is -6.85. The van der Waals surface area contributed by atoms with Crippen LogP contribution in [-0.4, -0.2) is 299 Å². The number of aliphatic hydroxyl groups is 15. The molecule has 0 aromatic heterocycles. The summed E-state index contributed by atoms with van der Waals surface area (Å²) >= 11 is 0. The van der Waals surface area contributed by atoms with Crippen LogP contribution in [0.2, 0.25) is 0 Å². The first kappa shape index (κ1) is 57.3. The first-order chi connectivity index (χ1) is 32.5. The van der Waals surface area contributed by atoms with Crippen molar-refractivity contribution >= 4 is 17.8 Å². The highest BCUT2D eigenvalue weighted by molar-refractivity contribution is 5.76. The second-order valence-electron chi connectivity index (χ2n) is 17.1. The minimum absolute atomic E-state index is 0.758. The molecular formula is C38H64N2O29. The van der Waals surface area contributed by atoms with Gasteiger partial charge < -0.3 is 140 Å². The number of ether oxygens (including phenoxy) is 10. The highest BCUT2D eigenvalue weighted by Gasteiger charge is 2.61. The van der Waals surface area contributed by atoms with Crippen molar-refractivity contribution in [1.29, 1.82) is 0 Å². The van der Waals surface area contributed by atoms with E-state index in [2.05, 4.69) is 10.6 Å². The molecule has 69 heavy (non-hydrogen) atoms. The number of aliphatic carboxylic acids is 1. The van der Waals surface area contributed by atoms with E-state index in [1.54, 1.807) is 0 Å². The number of hydrogen-bond acceptors (Lipinski definition) is 28. The summed E-state index contributed by atoms with van der Waals surface area (Å²) in [7, 11) is 1.14. The number of methoxy groups -OCH3 is 1. The van der Waals surface area contributed by atoms with Gasteiger partial charge in [0.25, 0.3) is 5.79 Å². The maximum absolute atomic E-state index is 13.0. The van der Waals surface area contributed by atoms with Crippen LogP contribution in [0.5, 0.6) is 0 Å². The van der Waals surface area contributed by atoms with E-state index < -0.39 is 216 Å². The van der Waals surface area contributed by atoms with Crippen molar-refractivity contribution in [3.63, 3.8) is 0 Å². The number of rotatable bonds is 19. The molecule has 0 aliphatic carbocycles. The maximum Gasteiger partial charge on any atom is 0.364 e. The van der Waals surface area contributed by atoms with Crippen molar-refractivity contribution in [2.45, 2.75) is 179 Å². The van der Waals surface area contributed by atoms with Crippen LogP contribution in [0.1, 0.15) is 20.3 Å². The second-order valence-corrected chi connectivity index (χ2v) is 17.1. The van der Waals surface area contributed by atoms with Crippen LogP contribution in [0.15, 0.2) is 0 Å². The summed E-state index contributed by atoms with van der Waals surface area (Å²) in [5, 5.41) is 175. The molecule has 5 aliphatic rings. The third kappa shape index (κ3) is 12.4. The normalized spacial score (nSPS) is 46.1. The molecule has 26 atom stereocenters. The number of carbonyl (C=O) groups is 3. The van der Waals surface area contributed by atoms with Crippen LogP contribution < -0.4 is 10.6 Å². The van der Waals surface area contributed by atoms with Gasteiger partial charge in [-0.3, -0.25) is 9.59 Å². The largest absolute Gasteiger partial charge is 0.477 e. The van der Waals surface area contributed by atoms with Crippen LogP contribution >= 0.6 is 0 Å². The van der Waals surface area contributed by atoms with Gasteiger partial charge in [-0.25, -0.2) is 4.79 Å². The van der Waals surface area contributed by atoms with Gasteiger partial charge in [-0.05, 0) is 0 Å². The predicted molar refractivity (Wildman–Crippen MR) is 212 cm³/mol. The molecule has 0 radical (unpaired) electrons. The molecule has 5 saturated heterocycles. The predicted octanol–water partition coefficient (Wildman–Crippen LogP) is -11.8. The number of aliphatic hydroxyl groups excluding tert-OH is 15. The summed E-state index contributed by atoms with van der Waals surface area (Å²) in [4.78, 5) is 37.1. The highest BCUT2D eigenvalue weighted by Crippen LogP contribution is 2.39. The Morgan fingerprint density at radius 3 is 1.64 bits per heavy atom. The van der Waals surface area contributed by atoms with E-state index in [0.29, 0.717) is 0 Å². The fourth-order valence-electron chi connectivity index (χ4n) is 8.70. The topological polar surface area (TPSA) is 491 Å². The van der Waals surface area contributed by atoms with Crippen molar-refractivity contribution in [3.8, 4) is 0 Å². The minimum Gasteiger partial charge on any atom is -0.477 e. The molecule has 31 nitrogen and oxygen atoms in total. The Labute approximate surface area is 391 Å². The monoisotopic (exact) mass is 1010 g/mol. The molecule has 5 aliphatic heterocycles.